The second-order valence-corrected chi connectivity index (χ2v) is 3.06. The molecule has 2 aromatic rings. The first kappa shape index (κ1) is 8.55. The zero-order valence-corrected chi connectivity index (χ0v) is 7.56. The van der Waals surface area contributed by atoms with Gasteiger partial charge in [-0.1, -0.05) is 0 Å². The molecule has 0 aliphatic rings. The summed E-state index contributed by atoms with van der Waals surface area (Å²) in [5.41, 5.74) is 7.30. The van der Waals surface area contributed by atoms with E-state index in [0.717, 1.165) is 10.1 Å². The summed E-state index contributed by atoms with van der Waals surface area (Å²) in [4.78, 5) is 10.8. The lowest BCUT2D eigenvalue weighted by atomic mass is 10.2. The van der Waals surface area contributed by atoms with Gasteiger partial charge in [-0.15, -0.1) is 0 Å². The highest BCUT2D eigenvalue weighted by Crippen LogP contribution is 2.20. The zero-order valence-electron chi connectivity index (χ0n) is 7.56. The van der Waals surface area contributed by atoms with Crippen LogP contribution in [0.4, 0.5) is 10.5 Å². The maximum atomic E-state index is 10.8. The first-order valence-corrected chi connectivity index (χ1v) is 4.08. The van der Waals surface area contributed by atoms with Crippen LogP contribution in [0.3, 0.4) is 0 Å². The number of anilines is 1. The molecular weight excluding hydrogens is 182 g/mol. The van der Waals surface area contributed by atoms with Crippen LogP contribution in [-0.4, -0.2) is 21.0 Å². The normalized spacial score (nSPS) is 10.6. The Morgan fingerprint density at radius 1 is 1.57 bits per heavy atom. The Morgan fingerprint density at radius 2 is 2.29 bits per heavy atom. The molecule has 14 heavy (non-hydrogen) atoms. The minimum atomic E-state index is -1.10. The molecule has 0 aliphatic heterocycles. The van der Waals surface area contributed by atoms with Gasteiger partial charge in [0.05, 0.1) is 11.2 Å². The summed E-state index contributed by atoms with van der Waals surface area (Å²) in [5.74, 6) is 0. The van der Waals surface area contributed by atoms with Gasteiger partial charge in [0.1, 0.15) is 0 Å². The zero-order chi connectivity index (χ0) is 10.3. The SMILES string of the molecule is Cc1nn(C(=O)O)c2cc(N)ccc12. The molecule has 3 N–H and O–H groups in total. The Balaban J connectivity index is 2.85. The fourth-order valence-corrected chi connectivity index (χ4v) is 1.43. The number of fused-ring (bicyclic) bond motifs is 1. The summed E-state index contributed by atoms with van der Waals surface area (Å²) < 4.78 is 0.932. The van der Waals surface area contributed by atoms with E-state index in [9.17, 15) is 4.79 Å². The van der Waals surface area contributed by atoms with Crippen molar-refractivity contribution in [3.05, 3.63) is 23.9 Å². The molecule has 5 heteroatoms. The maximum absolute atomic E-state index is 10.8. The summed E-state index contributed by atoms with van der Waals surface area (Å²) >= 11 is 0. The van der Waals surface area contributed by atoms with Crippen LogP contribution in [0.5, 0.6) is 0 Å². The molecule has 0 atom stereocenters. The first-order chi connectivity index (χ1) is 6.59. The van der Waals surface area contributed by atoms with Gasteiger partial charge in [-0.3, -0.25) is 0 Å². The maximum Gasteiger partial charge on any atom is 0.432 e. The van der Waals surface area contributed by atoms with E-state index in [-0.39, 0.29) is 0 Å². The summed E-state index contributed by atoms with van der Waals surface area (Å²) in [6.45, 7) is 1.76. The van der Waals surface area contributed by atoms with Crippen molar-refractivity contribution >= 4 is 22.7 Å². The van der Waals surface area contributed by atoms with Crippen molar-refractivity contribution in [1.29, 1.82) is 0 Å². The number of hydrogen-bond acceptors (Lipinski definition) is 3. The average Bonchev–Trinajstić information content (AvgIpc) is 2.43. The molecule has 5 nitrogen and oxygen atoms in total. The molecule has 0 bridgehead atoms. The van der Waals surface area contributed by atoms with Gasteiger partial charge in [0, 0.05) is 11.1 Å². The van der Waals surface area contributed by atoms with Crippen molar-refractivity contribution in [2.24, 2.45) is 0 Å². The van der Waals surface area contributed by atoms with Crippen LogP contribution in [0, 0.1) is 6.92 Å². The van der Waals surface area contributed by atoms with Crippen LogP contribution in [0.2, 0.25) is 0 Å². The van der Waals surface area contributed by atoms with Crippen molar-refractivity contribution in [2.75, 3.05) is 5.73 Å². The van der Waals surface area contributed by atoms with Crippen molar-refractivity contribution < 1.29 is 9.90 Å². The highest BCUT2D eigenvalue weighted by molar-refractivity contribution is 5.90. The van der Waals surface area contributed by atoms with E-state index < -0.39 is 6.09 Å². The molecule has 0 aliphatic carbocycles. The van der Waals surface area contributed by atoms with Crippen LogP contribution in [0.15, 0.2) is 18.2 Å². The monoisotopic (exact) mass is 191 g/mol. The molecule has 1 aromatic carbocycles. The number of rotatable bonds is 0. The molecule has 72 valence electrons. The lowest BCUT2D eigenvalue weighted by Gasteiger charge is -1.96. The number of carbonyl (C=O) groups is 1. The number of aromatic nitrogens is 2. The molecule has 0 saturated heterocycles. The molecule has 0 fully saturated rings. The number of carboxylic acid groups (broad SMARTS) is 1. The first-order valence-electron chi connectivity index (χ1n) is 4.08. The Bertz CT molecular complexity index is 516. The van der Waals surface area contributed by atoms with E-state index in [1.165, 1.54) is 0 Å². The van der Waals surface area contributed by atoms with Crippen molar-refractivity contribution in [3.63, 3.8) is 0 Å². The van der Waals surface area contributed by atoms with Crippen LogP contribution in [0.25, 0.3) is 10.9 Å². The molecule has 1 aromatic heterocycles. The fourth-order valence-electron chi connectivity index (χ4n) is 1.43. The summed E-state index contributed by atoms with van der Waals surface area (Å²) in [7, 11) is 0. The number of nitrogens with two attached hydrogens (primary N) is 1. The molecule has 0 radical (unpaired) electrons. The van der Waals surface area contributed by atoms with E-state index in [4.69, 9.17) is 10.8 Å². The largest absolute Gasteiger partial charge is 0.463 e. The third kappa shape index (κ3) is 1.10. The average molecular weight is 191 g/mol. The fraction of sp³-hybridized carbons (Fsp3) is 0.111. The van der Waals surface area contributed by atoms with Gasteiger partial charge in [0.25, 0.3) is 0 Å². The highest BCUT2D eigenvalue weighted by Gasteiger charge is 2.11. The van der Waals surface area contributed by atoms with E-state index >= 15 is 0 Å². The van der Waals surface area contributed by atoms with Crippen molar-refractivity contribution in [2.45, 2.75) is 6.92 Å². The van der Waals surface area contributed by atoms with Crippen molar-refractivity contribution in [3.8, 4) is 0 Å². The quantitative estimate of drug-likeness (QED) is 0.617. The van der Waals surface area contributed by atoms with Gasteiger partial charge in [0.2, 0.25) is 0 Å². The number of nitrogens with zero attached hydrogens (tertiary/aromatic N) is 2. The summed E-state index contributed by atoms with van der Waals surface area (Å²) in [5, 5.41) is 13.5. The van der Waals surface area contributed by atoms with Gasteiger partial charge in [-0.05, 0) is 25.1 Å². The summed E-state index contributed by atoms with van der Waals surface area (Å²) in [6.07, 6.45) is -1.10. The third-order valence-corrected chi connectivity index (χ3v) is 2.07. The minimum absolute atomic E-state index is 0.523. The molecule has 0 spiro atoms. The number of aryl methyl sites for hydroxylation is 1. The Hall–Kier alpha value is -2.04. The molecule has 1 heterocycles. The van der Waals surface area contributed by atoms with Crippen LogP contribution < -0.4 is 5.73 Å². The van der Waals surface area contributed by atoms with Crippen LogP contribution in [0.1, 0.15) is 5.69 Å². The Kier molecular flexibility index (Phi) is 1.67. The Morgan fingerprint density at radius 3 is 2.93 bits per heavy atom. The molecule has 2 rings (SSSR count). The van der Waals surface area contributed by atoms with Crippen LogP contribution in [-0.2, 0) is 0 Å². The van der Waals surface area contributed by atoms with Crippen LogP contribution >= 0.6 is 0 Å². The van der Waals surface area contributed by atoms with E-state index in [2.05, 4.69) is 5.10 Å². The number of benzene rings is 1. The van der Waals surface area contributed by atoms with E-state index in [1.807, 2.05) is 0 Å². The molecule has 0 saturated carbocycles. The topological polar surface area (TPSA) is 81.1 Å². The smallest absolute Gasteiger partial charge is 0.432 e. The predicted octanol–water partition coefficient (Wildman–Crippen LogP) is 1.45. The predicted molar refractivity (Wildman–Crippen MR) is 52.3 cm³/mol. The molecule has 0 unspecified atom stereocenters. The number of hydrogen-bond donors (Lipinski definition) is 2. The lowest BCUT2D eigenvalue weighted by Crippen LogP contribution is -2.09. The minimum Gasteiger partial charge on any atom is -0.463 e. The van der Waals surface area contributed by atoms with Gasteiger partial charge in [0.15, 0.2) is 0 Å². The van der Waals surface area contributed by atoms with E-state index in [0.29, 0.717) is 16.9 Å². The Labute approximate surface area is 79.7 Å². The molecular formula is C9H9N3O2. The number of nitrogen functional groups attached to an aromatic ring is 1. The van der Waals surface area contributed by atoms with Crippen molar-refractivity contribution in [1.82, 2.24) is 9.78 Å². The second-order valence-electron chi connectivity index (χ2n) is 3.06. The van der Waals surface area contributed by atoms with Gasteiger partial charge < -0.3 is 10.8 Å². The second kappa shape index (κ2) is 2.73. The highest BCUT2D eigenvalue weighted by atomic mass is 16.4. The lowest BCUT2D eigenvalue weighted by molar-refractivity contribution is 0.194. The standard InChI is InChI=1S/C9H9N3O2/c1-5-7-3-2-6(10)4-8(7)12(11-5)9(13)14/h2-4H,10H2,1H3,(H,13,14). The molecule has 0 amide bonds. The van der Waals surface area contributed by atoms with Gasteiger partial charge in [-0.25, -0.2) is 4.79 Å². The van der Waals surface area contributed by atoms with Gasteiger partial charge >= 0.3 is 6.09 Å². The van der Waals surface area contributed by atoms with Gasteiger partial charge in [-0.2, -0.15) is 9.78 Å². The summed E-state index contributed by atoms with van der Waals surface area (Å²) in [6, 6.07) is 5.10. The third-order valence-electron chi connectivity index (χ3n) is 2.07. The van der Waals surface area contributed by atoms with E-state index in [1.54, 1.807) is 25.1 Å².